The number of nitrogens with two attached hydrogens (primary N) is 1. The van der Waals surface area contributed by atoms with Gasteiger partial charge >= 0.3 is 12.3 Å². The molecule has 1 rings (SSSR count). The van der Waals surface area contributed by atoms with Gasteiger partial charge in [-0.05, 0) is 24.6 Å². The molecule has 0 radical (unpaired) electrons. The highest BCUT2D eigenvalue weighted by molar-refractivity contribution is 5.82. The van der Waals surface area contributed by atoms with Crippen LogP contribution in [0.15, 0.2) is 36.0 Å². The average molecular weight is 275 g/mol. The van der Waals surface area contributed by atoms with Gasteiger partial charge in [-0.25, -0.2) is 4.79 Å². The molecule has 0 amide bonds. The van der Waals surface area contributed by atoms with Crippen molar-refractivity contribution in [3.63, 3.8) is 0 Å². The summed E-state index contributed by atoms with van der Waals surface area (Å²) in [4.78, 5) is 11.1. The number of hydrogen-bond acceptors (Lipinski definition) is 4. The third-order valence-corrected chi connectivity index (χ3v) is 1.88. The molecule has 1 aromatic carbocycles. The number of alkyl halides is 3. The van der Waals surface area contributed by atoms with Gasteiger partial charge in [0.05, 0.1) is 0 Å². The first-order chi connectivity index (χ1) is 8.76. The summed E-state index contributed by atoms with van der Waals surface area (Å²) in [6.07, 6.45) is -3.61. The molecule has 4 nitrogen and oxygen atoms in total. The number of allylic oxidation sites excluding steroid dienone is 1. The van der Waals surface area contributed by atoms with Crippen molar-refractivity contribution < 1.29 is 27.4 Å². The van der Waals surface area contributed by atoms with E-state index in [2.05, 4.69) is 4.74 Å². The minimum atomic E-state index is -4.72. The number of benzene rings is 1. The molecule has 0 unspecified atom stereocenters. The van der Waals surface area contributed by atoms with E-state index in [-0.39, 0.29) is 12.4 Å². The lowest BCUT2D eigenvalue weighted by atomic mass is 10.2. The van der Waals surface area contributed by atoms with Crippen LogP contribution in [-0.4, -0.2) is 12.3 Å². The minimum absolute atomic E-state index is 0.0606. The van der Waals surface area contributed by atoms with Crippen LogP contribution in [0.3, 0.4) is 0 Å². The number of rotatable bonds is 4. The molecule has 0 saturated carbocycles. The molecule has 0 spiro atoms. The van der Waals surface area contributed by atoms with Crippen molar-refractivity contribution in [1.82, 2.24) is 0 Å². The van der Waals surface area contributed by atoms with Gasteiger partial charge in [0.25, 0.3) is 0 Å². The van der Waals surface area contributed by atoms with E-state index in [1.165, 1.54) is 19.1 Å². The van der Waals surface area contributed by atoms with Crippen molar-refractivity contribution >= 4 is 5.97 Å². The number of esters is 1. The van der Waals surface area contributed by atoms with Crippen LogP contribution >= 0.6 is 0 Å². The van der Waals surface area contributed by atoms with Crippen molar-refractivity contribution in [2.24, 2.45) is 5.73 Å². The van der Waals surface area contributed by atoms with Crippen molar-refractivity contribution in [3.05, 3.63) is 41.6 Å². The van der Waals surface area contributed by atoms with Crippen LogP contribution in [0.25, 0.3) is 0 Å². The first kappa shape index (κ1) is 14.9. The van der Waals surface area contributed by atoms with Crippen LogP contribution in [0.1, 0.15) is 12.5 Å². The molecule has 104 valence electrons. The Morgan fingerprint density at radius 2 is 1.89 bits per heavy atom. The van der Waals surface area contributed by atoms with Gasteiger partial charge in [-0.3, -0.25) is 0 Å². The number of hydrogen-bond donors (Lipinski definition) is 1. The molecular formula is C12H12F3NO3. The molecule has 19 heavy (non-hydrogen) atoms. The number of carbonyl (C=O) groups is 1. The van der Waals surface area contributed by atoms with E-state index in [4.69, 9.17) is 10.5 Å². The molecule has 0 heterocycles. The van der Waals surface area contributed by atoms with Crippen LogP contribution in [0.4, 0.5) is 13.2 Å². The Kier molecular flexibility index (Phi) is 4.80. The van der Waals surface area contributed by atoms with Gasteiger partial charge in [-0.15, -0.1) is 13.2 Å². The van der Waals surface area contributed by atoms with Gasteiger partial charge in [0, 0.05) is 11.8 Å². The van der Waals surface area contributed by atoms with Crippen LogP contribution in [0.5, 0.6) is 5.75 Å². The quantitative estimate of drug-likeness (QED) is 0.677. The van der Waals surface area contributed by atoms with Gasteiger partial charge in [-0.1, -0.05) is 12.1 Å². The maximum Gasteiger partial charge on any atom is 0.573 e. The summed E-state index contributed by atoms with van der Waals surface area (Å²) in [5.41, 5.74) is 6.12. The molecule has 0 atom stereocenters. The van der Waals surface area contributed by atoms with E-state index < -0.39 is 12.3 Å². The lowest BCUT2D eigenvalue weighted by Gasteiger charge is -2.09. The smallest absolute Gasteiger partial charge is 0.458 e. The lowest BCUT2D eigenvalue weighted by Crippen LogP contribution is -2.17. The Labute approximate surface area is 107 Å². The zero-order valence-corrected chi connectivity index (χ0v) is 10.0. The SMILES string of the molecule is C/C(N)=C/C(=O)OCc1ccc(OC(F)(F)F)cc1. The summed E-state index contributed by atoms with van der Waals surface area (Å²) < 4.78 is 44.2. The summed E-state index contributed by atoms with van der Waals surface area (Å²) in [6, 6.07) is 5.02. The minimum Gasteiger partial charge on any atom is -0.458 e. The van der Waals surface area contributed by atoms with Gasteiger partial charge in [0.2, 0.25) is 0 Å². The van der Waals surface area contributed by atoms with Gasteiger partial charge in [0.15, 0.2) is 0 Å². The van der Waals surface area contributed by atoms with Gasteiger partial charge < -0.3 is 15.2 Å². The molecule has 0 aliphatic rings. The van der Waals surface area contributed by atoms with Crippen LogP contribution in [0, 0.1) is 0 Å². The first-order valence-corrected chi connectivity index (χ1v) is 5.21. The fraction of sp³-hybridized carbons (Fsp3) is 0.250. The molecule has 0 aliphatic heterocycles. The van der Waals surface area contributed by atoms with Gasteiger partial charge in [0.1, 0.15) is 12.4 Å². The van der Waals surface area contributed by atoms with E-state index in [1.54, 1.807) is 0 Å². The fourth-order valence-electron chi connectivity index (χ4n) is 1.17. The molecule has 0 aliphatic carbocycles. The zero-order chi connectivity index (χ0) is 14.5. The predicted molar refractivity (Wildman–Crippen MR) is 60.9 cm³/mol. The summed E-state index contributed by atoms with van der Waals surface area (Å²) in [6.45, 7) is 1.47. The molecule has 0 aromatic heterocycles. The molecular weight excluding hydrogens is 263 g/mol. The van der Waals surface area contributed by atoms with E-state index in [0.29, 0.717) is 11.3 Å². The van der Waals surface area contributed by atoms with Crippen molar-refractivity contribution in [1.29, 1.82) is 0 Å². The number of ether oxygens (including phenoxy) is 2. The largest absolute Gasteiger partial charge is 0.573 e. The third-order valence-electron chi connectivity index (χ3n) is 1.88. The second kappa shape index (κ2) is 6.12. The molecule has 0 bridgehead atoms. The zero-order valence-electron chi connectivity index (χ0n) is 10.0. The van der Waals surface area contributed by atoms with E-state index in [1.807, 2.05) is 0 Å². The maximum atomic E-state index is 11.9. The van der Waals surface area contributed by atoms with Crippen LogP contribution < -0.4 is 10.5 Å². The highest BCUT2D eigenvalue weighted by atomic mass is 19.4. The Hall–Kier alpha value is -2.18. The molecule has 2 N–H and O–H groups in total. The molecule has 7 heteroatoms. The Bertz CT molecular complexity index is 462. The maximum absolute atomic E-state index is 11.9. The van der Waals surface area contributed by atoms with E-state index >= 15 is 0 Å². The van der Waals surface area contributed by atoms with Crippen molar-refractivity contribution in [2.75, 3.05) is 0 Å². The standard InChI is InChI=1S/C12H12F3NO3/c1-8(16)6-11(17)18-7-9-2-4-10(5-3-9)19-12(13,14)15/h2-6H,7,16H2,1H3/b8-6-. The predicted octanol–water partition coefficient (Wildman–Crippen LogP) is 2.49. The van der Waals surface area contributed by atoms with Crippen molar-refractivity contribution in [3.8, 4) is 5.75 Å². The summed E-state index contributed by atoms with van der Waals surface area (Å²) in [7, 11) is 0. The summed E-state index contributed by atoms with van der Waals surface area (Å²) in [5.74, 6) is -0.948. The highest BCUT2D eigenvalue weighted by Gasteiger charge is 2.30. The normalized spacial score (nSPS) is 12.1. The summed E-state index contributed by atoms with van der Waals surface area (Å²) in [5, 5.41) is 0. The topological polar surface area (TPSA) is 61.6 Å². The lowest BCUT2D eigenvalue weighted by molar-refractivity contribution is -0.274. The van der Waals surface area contributed by atoms with Crippen molar-refractivity contribution in [2.45, 2.75) is 19.9 Å². The highest BCUT2D eigenvalue weighted by Crippen LogP contribution is 2.22. The third kappa shape index (κ3) is 6.35. The van der Waals surface area contributed by atoms with Crippen LogP contribution in [-0.2, 0) is 16.1 Å². The van der Waals surface area contributed by atoms with Crippen LogP contribution in [0.2, 0.25) is 0 Å². The van der Waals surface area contributed by atoms with E-state index in [0.717, 1.165) is 18.2 Å². The molecule has 0 fully saturated rings. The average Bonchev–Trinajstić information content (AvgIpc) is 2.25. The van der Waals surface area contributed by atoms with Gasteiger partial charge in [-0.2, -0.15) is 0 Å². The fourth-order valence-corrected chi connectivity index (χ4v) is 1.17. The van der Waals surface area contributed by atoms with E-state index in [9.17, 15) is 18.0 Å². The second-order valence-corrected chi connectivity index (χ2v) is 3.69. The first-order valence-electron chi connectivity index (χ1n) is 5.21. The summed E-state index contributed by atoms with van der Waals surface area (Å²) >= 11 is 0. The Morgan fingerprint density at radius 3 is 2.37 bits per heavy atom. The second-order valence-electron chi connectivity index (χ2n) is 3.69. The number of carbonyl (C=O) groups excluding carboxylic acids is 1. The Balaban J connectivity index is 2.53. The molecule has 0 saturated heterocycles. The molecule has 1 aromatic rings. The monoisotopic (exact) mass is 275 g/mol. The Morgan fingerprint density at radius 1 is 1.32 bits per heavy atom. The number of halogens is 3.